The second kappa shape index (κ2) is 6.01. The number of hydrogen-bond donors (Lipinski definition) is 2. The van der Waals surface area contributed by atoms with Crippen molar-refractivity contribution in [1.29, 1.82) is 0 Å². The SMILES string of the molecule is COC(=O)c1ccc(N)c(NC(C)c2cccnc2)n1. The summed E-state index contributed by atoms with van der Waals surface area (Å²) in [7, 11) is 1.31. The molecule has 0 spiro atoms. The average molecular weight is 272 g/mol. The molecule has 0 amide bonds. The van der Waals surface area contributed by atoms with E-state index in [9.17, 15) is 4.79 Å². The molecule has 1 unspecified atom stereocenters. The van der Waals surface area contributed by atoms with Gasteiger partial charge in [0.2, 0.25) is 0 Å². The summed E-state index contributed by atoms with van der Waals surface area (Å²) in [6, 6.07) is 6.92. The van der Waals surface area contributed by atoms with Crippen molar-refractivity contribution in [3.63, 3.8) is 0 Å². The molecule has 0 saturated carbocycles. The molecule has 2 heterocycles. The van der Waals surface area contributed by atoms with Crippen LogP contribution in [0.25, 0.3) is 0 Å². The van der Waals surface area contributed by atoms with Gasteiger partial charge >= 0.3 is 5.97 Å². The highest BCUT2D eigenvalue weighted by molar-refractivity contribution is 5.88. The lowest BCUT2D eigenvalue weighted by molar-refractivity contribution is 0.0594. The van der Waals surface area contributed by atoms with Crippen molar-refractivity contribution >= 4 is 17.5 Å². The van der Waals surface area contributed by atoms with Gasteiger partial charge in [-0.25, -0.2) is 9.78 Å². The maximum absolute atomic E-state index is 11.5. The molecule has 0 aliphatic rings. The normalized spacial score (nSPS) is 11.7. The van der Waals surface area contributed by atoms with E-state index in [1.165, 1.54) is 13.2 Å². The Morgan fingerprint density at radius 3 is 2.85 bits per heavy atom. The van der Waals surface area contributed by atoms with E-state index in [0.717, 1.165) is 5.56 Å². The number of esters is 1. The van der Waals surface area contributed by atoms with Crippen LogP contribution in [0.5, 0.6) is 0 Å². The fourth-order valence-corrected chi connectivity index (χ4v) is 1.72. The summed E-state index contributed by atoms with van der Waals surface area (Å²) in [5.74, 6) is -0.0497. The van der Waals surface area contributed by atoms with Crippen LogP contribution in [-0.2, 0) is 4.74 Å². The van der Waals surface area contributed by atoms with Crippen molar-refractivity contribution in [2.45, 2.75) is 13.0 Å². The van der Waals surface area contributed by atoms with Crippen molar-refractivity contribution < 1.29 is 9.53 Å². The van der Waals surface area contributed by atoms with Gasteiger partial charge in [-0.05, 0) is 30.7 Å². The summed E-state index contributed by atoms with van der Waals surface area (Å²) in [5, 5.41) is 3.16. The molecule has 0 saturated heterocycles. The Morgan fingerprint density at radius 1 is 1.40 bits per heavy atom. The van der Waals surface area contributed by atoms with Crippen LogP contribution in [-0.4, -0.2) is 23.0 Å². The monoisotopic (exact) mass is 272 g/mol. The van der Waals surface area contributed by atoms with Crippen LogP contribution in [0.15, 0.2) is 36.7 Å². The Morgan fingerprint density at radius 2 is 2.20 bits per heavy atom. The van der Waals surface area contributed by atoms with E-state index in [4.69, 9.17) is 5.73 Å². The van der Waals surface area contributed by atoms with Gasteiger partial charge in [-0.2, -0.15) is 0 Å². The number of anilines is 2. The van der Waals surface area contributed by atoms with Crippen LogP contribution in [0.4, 0.5) is 11.5 Å². The van der Waals surface area contributed by atoms with Gasteiger partial charge in [0.15, 0.2) is 11.5 Å². The second-order valence-electron chi connectivity index (χ2n) is 4.28. The minimum Gasteiger partial charge on any atom is -0.464 e. The number of aromatic nitrogens is 2. The van der Waals surface area contributed by atoms with Crippen molar-refractivity contribution in [3.8, 4) is 0 Å². The van der Waals surface area contributed by atoms with Gasteiger partial charge in [0.05, 0.1) is 18.8 Å². The van der Waals surface area contributed by atoms with E-state index in [1.54, 1.807) is 18.5 Å². The van der Waals surface area contributed by atoms with Crippen LogP contribution in [0.1, 0.15) is 29.0 Å². The summed E-state index contributed by atoms with van der Waals surface area (Å²) in [6.45, 7) is 1.96. The lowest BCUT2D eigenvalue weighted by Crippen LogP contribution is -2.13. The molecule has 3 N–H and O–H groups in total. The maximum Gasteiger partial charge on any atom is 0.356 e. The Bertz CT molecular complexity index is 601. The van der Waals surface area contributed by atoms with E-state index < -0.39 is 5.97 Å². The Labute approximate surface area is 117 Å². The standard InChI is InChI=1S/C14H16N4O2/c1-9(10-4-3-7-16-8-10)17-13-11(15)5-6-12(18-13)14(19)20-2/h3-9H,15H2,1-2H3,(H,17,18). The Kier molecular flexibility index (Phi) is 4.14. The first-order valence-corrected chi connectivity index (χ1v) is 6.13. The zero-order valence-electron chi connectivity index (χ0n) is 11.3. The third-order valence-corrected chi connectivity index (χ3v) is 2.86. The minimum absolute atomic E-state index is 0.0357. The third-order valence-electron chi connectivity index (χ3n) is 2.86. The molecule has 0 radical (unpaired) electrons. The Balaban J connectivity index is 2.22. The first kappa shape index (κ1) is 13.8. The molecule has 0 aliphatic heterocycles. The predicted molar refractivity (Wildman–Crippen MR) is 76.3 cm³/mol. The Hall–Kier alpha value is -2.63. The first-order valence-electron chi connectivity index (χ1n) is 6.13. The lowest BCUT2D eigenvalue weighted by Gasteiger charge is -2.16. The zero-order chi connectivity index (χ0) is 14.5. The van der Waals surface area contributed by atoms with Crippen molar-refractivity contribution in [1.82, 2.24) is 9.97 Å². The van der Waals surface area contributed by atoms with E-state index >= 15 is 0 Å². The van der Waals surface area contributed by atoms with E-state index in [-0.39, 0.29) is 11.7 Å². The minimum atomic E-state index is -0.498. The number of ether oxygens (including phenoxy) is 1. The molecular formula is C14H16N4O2. The molecule has 0 bridgehead atoms. The number of methoxy groups -OCH3 is 1. The topological polar surface area (TPSA) is 90.1 Å². The van der Waals surface area contributed by atoms with Gasteiger partial charge < -0.3 is 15.8 Å². The number of nitrogens with one attached hydrogen (secondary N) is 1. The van der Waals surface area contributed by atoms with Gasteiger partial charge in [0.1, 0.15) is 0 Å². The molecule has 0 aromatic carbocycles. The van der Waals surface area contributed by atoms with Gasteiger partial charge in [0, 0.05) is 12.4 Å². The smallest absolute Gasteiger partial charge is 0.356 e. The molecular weight excluding hydrogens is 256 g/mol. The number of nitrogens with two attached hydrogens (primary N) is 1. The van der Waals surface area contributed by atoms with Gasteiger partial charge in [-0.15, -0.1) is 0 Å². The van der Waals surface area contributed by atoms with Crippen LogP contribution in [0.2, 0.25) is 0 Å². The number of carbonyl (C=O) groups excluding carboxylic acids is 1. The molecule has 2 rings (SSSR count). The summed E-state index contributed by atoms with van der Waals surface area (Å²) >= 11 is 0. The van der Waals surface area contributed by atoms with Gasteiger partial charge in [-0.3, -0.25) is 4.98 Å². The number of rotatable bonds is 4. The lowest BCUT2D eigenvalue weighted by atomic mass is 10.1. The summed E-state index contributed by atoms with van der Waals surface area (Å²) in [6.07, 6.45) is 3.47. The van der Waals surface area contributed by atoms with Crippen molar-refractivity contribution in [2.75, 3.05) is 18.2 Å². The maximum atomic E-state index is 11.5. The molecule has 6 heteroatoms. The van der Waals surface area contributed by atoms with E-state index in [1.807, 2.05) is 19.1 Å². The molecule has 20 heavy (non-hydrogen) atoms. The first-order chi connectivity index (χ1) is 9.61. The molecule has 0 fully saturated rings. The summed E-state index contributed by atoms with van der Waals surface area (Å²) < 4.78 is 4.64. The average Bonchev–Trinajstić information content (AvgIpc) is 2.49. The molecule has 2 aromatic rings. The number of pyridine rings is 2. The molecule has 1 atom stereocenters. The van der Waals surface area contributed by atoms with Gasteiger partial charge in [-0.1, -0.05) is 6.07 Å². The van der Waals surface area contributed by atoms with Crippen LogP contribution in [0.3, 0.4) is 0 Å². The van der Waals surface area contributed by atoms with Crippen molar-refractivity contribution in [3.05, 3.63) is 47.9 Å². The predicted octanol–water partition coefficient (Wildman–Crippen LogP) is 2.02. The fourth-order valence-electron chi connectivity index (χ4n) is 1.72. The van der Waals surface area contributed by atoms with E-state index in [2.05, 4.69) is 20.0 Å². The number of carbonyl (C=O) groups is 1. The number of nitrogen functional groups attached to an aromatic ring is 1. The highest BCUT2D eigenvalue weighted by Gasteiger charge is 2.13. The second-order valence-corrected chi connectivity index (χ2v) is 4.28. The highest BCUT2D eigenvalue weighted by atomic mass is 16.5. The van der Waals surface area contributed by atoms with Crippen molar-refractivity contribution in [2.24, 2.45) is 0 Å². The summed E-state index contributed by atoms with van der Waals surface area (Å²) in [4.78, 5) is 19.7. The number of nitrogens with zero attached hydrogens (tertiary/aromatic N) is 2. The third kappa shape index (κ3) is 3.03. The largest absolute Gasteiger partial charge is 0.464 e. The molecule has 6 nitrogen and oxygen atoms in total. The molecule has 104 valence electrons. The van der Waals surface area contributed by atoms with Gasteiger partial charge in [0.25, 0.3) is 0 Å². The van der Waals surface area contributed by atoms with Crippen LogP contribution < -0.4 is 11.1 Å². The molecule has 0 aliphatic carbocycles. The quantitative estimate of drug-likeness (QED) is 0.827. The number of hydrogen-bond acceptors (Lipinski definition) is 6. The van der Waals surface area contributed by atoms with E-state index in [0.29, 0.717) is 11.5 Å². The molecule has 2 aromatic heterocycles. The van der Waals surface area contributed by atoms with Crippen LogP contribution in [0, 0.1) is 0 Å². The zero-order valence-corrected chi connectivity index (χ0v) is 11.3. The van der Waals surface area contributed by atoms with Crippen LogP contribution >= 0.6 is 0 Å². The summed E-state index contributed by atoms with van der Waals surface area (Å²) in [5.41, 5.74) is 7.54. The fraction of sp³-hybridized carbons (Fsp3) is 0.214. The highest BCUT2D eigenvalue weighted by Crippen LogP contribution is 2.22.